The van der Waals surface area contributed by atoms with Gasteiger partial charge in [-0.2, -0.15) is 0 Å². The lowest BCUT2D eigenvalue weighted by Crippen LogP contribution is -2.07. The maximum absolute atomic E-state index is 12.1. The fourth-order valence-corrected chi connectivity index (χ4v) is 3.52. The molecule has 2 aromatic heterocycles. The second-order valence-corrected chi connectivity index (χ2v) is 5.67. The van der Waals surface area contributed by atoms with Gasteiger partial charge in [-0.3, -0.25) is 4.79 Å². The molecule has 0 N–H and O–H groups in total. The number of hydrogen-bond donors (Lipinski definition) is 0. The molecular formula is C11H13NOS2. The van der Waals surface area contributed by atoms with Crippen LogP contribution in [0.4, 0.5) is 0 Å². The van der Waals surface area contributed by atoms with Gasteiger partial charge in [0.15, 0.2) is 0 Å². The molecule has 0 saturated carbocycles. The number of nitrogens with zero attached hydrogens (tertiary/aromatic N) is 1. The molecular weight excluding hydrogens is 226 g/mol. The lowest BCUT2D eigenvalue weighted by molar-refractivity contribution is 0.922. The quantitative estimate of drug-likeness (QED) is 0.714. The zero-order chi connectivity index (χ0) is 11.2. The van der Waals surface area contributed by atoms with E-state index in [9.17, 15) is 4.79 Å². The Morgan fingerprint density at radius 3 is 2.67 bits per heavy atom. The van der Waals surface area contributed by atoms with E-state index in [4.69, 9.17) is 0 Å². The summed E-state index contributed by atoms with van der Waals surface area (Å²) in [5.41, 5.74) is 2.49. The molecule has 80 valence electrons. The number of thioether (sulfide) groups is 1. The third-order valence-electron chi connectivity index (χ3n) is 2.67. The Hall–Kier alpha value is -0.740. The number of aromatic nitrogens is 1. The van der Waals surface area contributed by atoms with Gasteiger partial charge in [-0.1, -0.05) is 0 Å². The van der Waals surface area contributed by atoms with Gasteiger partial charge in [0.25, 0.3) is 0 Å². The lowest BCUT2D eigenvalue weighted by atomic mass is 10.2. The van der Waals surface area contributed by atoms with Crippen molar-refractivity contribution in [2.45, 2.75) is 18.7 Å². The first kappa shape index (κ1) is 10.8. The highest BCUT2D eigenvalue weighted by atomic mass is 32.2. The van der Waals surface area contributed by atoms with Crippen molar-refractivity contribution >= 4 is 33.3 Å². The molecule has 0 amide bonds. The van der Waals surface area contributed by atoms with Gasteiger partial charge in [0.2, 0.25) is 5.43 Å². The van der Waals surface area contributed by atoms with Gasteiger partial charge in [0.05, 0.1) is 15.1 Å². The monoisotopic (exact) mass is 239 g/mol. The number of pyridine rings is 1. The number of fused-ring (bicyclic) bond motifs is 1. The molecule has 15 heavy (non-hydrogen) atoms. The Labute approximate surface area is 96.9 Å². The Kier molecular flexibility index (Phi) is 2.64. The van der Waals surface area contributed by atoms with E-state index in [2.05, 4.69) is 18.4 Å². The molecule has 0 unspecified atom stereocenters. The van der Waals surface area contributed by atoms with Gasteiger partial charge in [-0.15, -0.1) is 23.1 Å². The van der Waals surface area contributed by atoms with Crippen LogP contribution in [-0.4, -0.2) is 10.8 Å². The highest BCUT2D eigenvalue weighted by Gasteiger charge is 2.12. The van der Waals surface area contributed by atoms with Crippen LogP contribution in [-0.2, 0) is 7.05 Å². The third-order valence-corrected chi connectivity index (χ3v) is 4.59. The largest absolute Gasteiger partial charge is 0.348 e. The Morgan fingerprint density at radius 2 is 2.07 bits per heavy atom. The summed E-state index contributed by atoms with van der Waals surface area (Å²) in [5, 5.41) is 0. The minimum absolute atomic E-state index is 0.178. The highest BCUT2D eigenvalue weighted by Crippen LogP contribution is 2.28. The van der Waals surface area contributed by atoms with Crippen molar-refractivity contribution in [2.24, 2.45) is 7.05 Å². The van der Waals surface area contributed by atoms with Crippen molar-refractivity contribution < 1.29 is 0 Å². The molecule has 0 atom stereocenters. The zero-order valence-corrected chi connectivity index (χ0v) is 10.9. The molecule has 0 fully saturated rings. The van der Waals surface area contributed by atoms with E-state index in [1.54, 1.807) is 11.3 Å². The van der Waals surface area contributed by atoms with Gasteiger partial charge >= 0.3 is 0 Å². The predicted octanol–water partition coefficient (Wildman–Crippen LogP) is 2.94. The molecule has 0 radical (unpaired) electrons. The Morgan fingerprint density at radius 1 is 1.40 bits per heavy atom. The standard InChI is InChI=1S/C11H13NOS2/c1-6-7(2)15-11-9(6)12(3)5-8(14-4)10(11)13/h5H,1-4H3. The fraction of sp³-hybridized carbons (Fsp3) is 0.364. The van der Waals surface area contributed by atoms with Crippen LogP contribution in [0.2, 0.25) is 0 Å². The smallest absolute Gasteiger partial charge is 0.212 e. The van der Waals surface area contributed by atoms with E-state index in [1.165, 1.54) is 22.2 Å². The third kappa shape index (κ3) is 1.52. The molecule has 0 aromatic carbocycles. The van der Waals surface area contributed by atoms with Gasteiger partial charge in [0, 0.05) is 18.1 Å². The first-order valence-electron chi connectivity index (χ1n) is 4.69. The van der Waals surface area contributed by atoms with Crippen LogP contribution in [0.3, 0.4) is 0 Å². The second-order valence-electron chi connectivity index (χ2n) is 3.60. The van der Waals surface area contributed by atoms with Crippen LogP contribution in [0, 0.1) is 13.8 Å². The molecule has 0 spiro atoms. The number of hydrogen-bond acceptors (Lipinski definition) is 3. The van der Waals surface area contributed by atoms with Crippen molar-refractivity contribution in [1.82, 2.24) is 4.57 Å². The molecule has 0 aliphatic heterocycles. The van der Waals surface area contributed by atoms with E-state index < -0.39 is 0 Å². The van der Waals surface area contributed by atoms with E-state index in [-0.39, 0.29) is 5.43 Å². The molecule has 0 saturated heterocycles. The SMILES string of the molecule is CSc1cn(C)c2c(C)c(C)sc2c1=O. The van der Waals surface area contributed by atoms with Crippen LogP contribution in [0.15, 0.2) is 15.9 Å². The Balaban J connectivity index is 3.00. The molecule has 0 aliphatic rings. The van der Waals surface area contributed by atoms with Crippen LogP contribution in [0.1, 0.15) is 10.4 Å². The van der Waals surface area contributed by atoms with Gasteiger partial charge in [-0.05, 0) is 25.7 Å². The average Bonchev–Trinajstić information content (AvgIpc) is 2.50. The van der Waals surface area contributed by atoms with Crippen LogP contribution < -0.4 is 5.43 Å². The molecule has 4 heteroatoms. The number of aryl methyl sites for hydroxylation is 3. The van der Waals surface area contributed by atoms with Crippen LogP contribution >= 0.6 is 23.1 Å². The average molecular weight is 239 g/mol. The minimum Gasteiger partial charge on any atom is -0.348 e. The maximum Gasteiger partial charge on any atom is 0.212 e. The van der Waals surface area contributed by atoms with Crippen molar-refractivity contribution in [3.05, 3.63) is 26.9 Å². The highest BCUT2D eigenvalue weighted by molar-refractivity contribution is 7.98. The molecule has 0 aliphatic carbocycles. The van der Waals surface area contributed by atoms with E-state index >= 15 is 0 Å². The van der Waals surface area contributed by atoms with Crippen LogP contribution in [0.5, 0.6) is 0 Å². The van der Waals surface area contributed by atoms with Crippen LogP contribution in [0.25, 0.3) is 10.2 Å². The molecule has 2 rings (SSSR count). The van der Waals surface area contributed by atoms with Gasteiger partial charge < -0.3 is 4.57 Å². The van der Waals surface area contributed by atoms with Crippen molar-refractivity contribution in [3.8, 4) is 0 Å². The maximum atomic E-state index is 12.1. The minimum atomic E-state index is 0.178. The normalized spacial score (nSPS) is 11.2. The summed E-state index contributed by atoms with van der Waals surface area (Å²) in [4.78, 5) is 14.1. The summed E-state index contributed by atoms with van der Waals surface area (Å²) in [7, 11) is 2.00. The van der Waals surface area contributed by atoms with Crippen molar-refractivity contribution in [1.29, 1.82) is 0 Å². The number of rotatable bonds is 1. The van der Waals surface area contributed by atoms with Gasteiger partial charge in [0.1, 0.15) is 0 Å². The van der Waals surface area contributed by atoms with E-state index in [1.807, 2.05) is 19.5 Å². The topological polar surface area (TPSA) is 22.0 Å². The fourth-order valence-electron chi connectivity index (χ4n) is 1.75. The molecule has 0 bridgehead atoms. The summed E-state index contributed by atoms with van der Waals surface area (Å²) in [6, 6.07) is 0. The zero-order valence-electron chi connectivity index (χ0n) is 9.25. The molecule has 2 heterocycles. The molecule has 2 aromatic rings. The van der Waals surface area contributed by atoms with Crippen molar-refractivity contribution in [2.75, 3.05) is 6.26 Å². The molecule has 2 nitrogen and oxygen atoms in total. The van der Waals surface area contributed by atoms with Gasteiger partial charge in [-0.25, -0.2) is 0 Å². The summed E-state index contributed by atoms with van der Waals surface area (Å²) in [6.45, 7) is 4.14. The van der Waals surface area contributed by atoms with E-state index in [0.717, 1.165) is 15.1 Å². The first-order valence-corrected chi connectivity index (χ1v) is 6.73. The summed E-state index contributed by atoms with van der Waals surface area (Å²) < 4.78 is 2.95. The predicted molar refractivity (Wildman–Crippen MR) is 68.3 cm³/mol. The number of thiophene rings is 1. The Bertz CT molecular complexity index is 580. The van der Waals surface area contributed by atoms with Crippen molar-refractivity contribution in [3.63, 3.8) is 0 Å². The second kappa shape index (κ2) is 3.68. The summed E-state index contributed by atoms with van der Waals surface area (Å²) in [6.07, 6.45) is 3.87. The first-order chi connectivity index (χ1) is 7.06. The summed E-state index contributed by atoms with van der Waals surface area (Å²) >= 11 is 3.12. The lowest BCUT2D eigenvalue weighted by Gasteiger charge is -2.04. The van der Waals surface area contributed by atoms with E-state index in [0.29, 0.717) is 0 Å². The summed E-state index contributed by atoms with van der Waals surface area (Å²) in [5.74, 6) is 0.